The molecule has 0 bridgehead atoms. The van der Waals surface area contributed by atoms with Crippen LogP contribution in [0.15, 0.2) is 29.2 Å². The van der Waals surface area contributed by atoms with Gasteiger partial charge >= 0.3 is 0 Å². The number of halogens is 1. The molecule has 0 spiro atoms. The van der Waals surface area contributed by atoms with Crippen LogP contribution in [0.3, 0.4) is 0 Å². The molecule has 0 atom stereocenters. The molecular weight excluding hydrogens is 332 g/mol. The summed E-state index contributed by atoms with van der Waals surface area (Å²) in [4.78, 5) is 30.1. The lowest BCUT2D eigenvalue weighted by Crippen LogP contribution is -2.27. The molecule has 4 nitrogen and oxygen atoms in total. The van der Waals surface area contributed by atoms with Gasteiger partial charge in [0.2, 0.25) is 5.91 Å². The van der Waals surface area contributed by atoms with Crippen molar-refractivity contribution >= 4 is 45.8 Å². The van der Waals surface area contributed by atoms with E-state index < -0.39 is 0 Å². The standard InChI is InChI=1S/C17H15ClN2O2S/c1-3-20(10(2)21)17-19-12(9-23-17)7-11-8-14-13(16(11)22)5-4-6-15(14)18/h4-7,9H,3,8H2,1-2H3. The number of amides is 1. The van der Waals surface area contributed by atoms with Gasteiger partial charge in [0.25, 0.3) is 0 Å². The van der Waals surface area contributed by atoms with Gasteiger partial charge in [0, 0.05) is 41.4 Å². The van der Waals surface area contributed by atoms with Crippen molar-refractivity contribution in [3.8, 4) is 0 Å². The number of fused-ring (bicyclic) bond motifs is 1. The van der Waals surface area contributed by atoms with Crippen LogP contribution in [0.2, 0.25) is 5.02 Å². The van der Waals surface area contributed by atoms with Crippen LogP contribution in [0.25, 0.3) is 6.08 Å². The molecule has 1 aliphatic carbocycles. The molecule has 0 aliphatic heterocycles. The number of rotatable bonds is 3. The van der Waals surface area contributed by atoms with E-state index in [1.807, 2.05) is 12.3 Å². The number of Topliss-reactive ketones (excluding diaryl/α,β-unsaturated/α-hetero) is 1. The van der Waals surface area contributed by atoms with Crippen LogP contribution in [0.1, 0.15) is 35.5 Å². The van der Waals surface area contributed by atoms with Gasteiger partial charge in [-0.2, -0.15) is 0 Å². The molecule has 3 rings (SSSR count). The first-order chi connectivity index (χ1) is 11.0. The molecule has 0 fully saturated rings. The Morgan fingerprint density at radius 3 is 2.91 bits per heavy atom. The second-order valence-electron chi connectivity index (χ2n) is 5.26. The molecule has 23 heavy (non-hydrogen) atoms. The van der Waals surface area contributed by atoms with E-state index in [0.717, 1.165) is 5.56 Å². The normalized spacial score (nSPS) is 15.1. The van der Waals surface area contributed by atoms with Gasteiger partial charge in [-0.25, -0.2) is 4.98 Å². The Hall–Kier alpha value is -1.98. The third-order valence-electron chi connectivity index (χ3n) is 3.78. The number of nitrogens with zero attached hydrogens (tertiary/aromatic N) is 2. The van der Waals surface area contributed by atoms with Crippen LogP contribution in [-0.2, 0) is 11.2 Å². The molecular formula is C17H15ClN2O2S. The maximum Gasteiger partial charge on any atom is 0.225 e. The van der Waals surface area contributed by atoms with Crippen LogP contribution < -0.4 is 4.90 Å². The number of allylic oxidation sites excluding steroid dienone is 1. The van der Waals surface area contributed by atoms with Gasteiger partial charge in [0.15, 0.2) is 10.9 Å². The first-order valence-electron chi connectivity index (χ1n) is 7.27. The highest BCUT2D eigenvalue weighted by Crippen LogP contribution is 2.33. The van der Waals surface area contributed by atoms with Crippen LogP contribution in [0, 0.1) is 0 Å². The maximum atomic E-state index is 12.4. The smallest absolute Gasteiger partial charge is 0.225 e. The Morgan fingerprint density at radius 2 is 2.26 bits per heavy atom. The minimum Gasteiger partial charge on any atom is -0.289 e. The number of hydrogen-bond donors (Lipinski definition) is 0. The van der Waals surface area contributed by atoms with Gasteiger partial charge in [-0.1, -0.05) is 23.7 Å². The molecule has 6 heteroatoms. The molecule has 0 radical (unpaired) electrons. The number of hydrogen-bond acceptors (Lipinski definition) is 4. The highest BCUT2D eigenvalue weighted by atomic mass is 35.5. The van der Waals surface area contributed by atoms with E-state index in [4.69, 9.17) is 11.6 Å². The van der Waals surface area contributed by atoms with E-state index in [1.165, 1.54) is 18.3 Å². The van der Waals surface area contributed by atoms with Gasteiger partial charge in [-0.3, -0.25) is 14.5 Å². The van der Waals surface area contributed by atoms with Crippen LogP contribution in [0.4, 0.5) is 5.13 Å². The van der Waals surface area contributed by atoms with E-state index in [-0.39, 0.29) is 11.7 Å². The molecule has 1 aliphatic rings. The van der Waals surface area contributed by atoms with Crippen molar-refractivity contribution in [2.24, 2.45) is 0 Å². The molecule has 0 N–H and O–H groups in total. The van der Waals surface area contributed by atoms with E-state index in [2.05, 4.69) is 4.98 Å². The molecule has 1 aromatic heterocycles. The summed E-state index contributed by atoms with van der Waals surface area (Å²) in [6.07, 6.45) is 2.30. The second-order valence-corrected chi connectivity index (χ2v) is 6.50. The molecule has 2 aromatic rings. The predicted molar refractivity (Wildman–Crippen MR) is 93.3 cm³/mol. The molecule has 118 valence electrons. The lowest BCUT2D eigenvalue weighted by Gasteiger charge is -2.14. The molecule has 1 amide bonds. The average molecular weight is 347 g/mol. The van der Waals surface area contributed by atoms with Gasteiger partial charge in [-0.05, 0) is 24.6 Å². The van der Waals surface area contributed by atoms with Crippen molar-refractivity contribution in [1.82, 2.24) is 4.98 Å². The maximum absolute atomic E-state index is 12.4. The number of thiazole rings is 1. The van der Waals surface area contributed by atoms with Crippen LogP contribution in [-0.4, -0.2) is 23.2 Å². The second kappa shape index (κ2) is 6.26. The number of ketones is 1. The largest absolute Gasteiger partial charge is 0.289 e. The van der Waals surface area contributed by atoms with Crippen molar-refractivity contribution in [2.45, 2.75) is 20.3 Å². The first-order valence-corrected chi connectivity index (χ1v) is 8.53. The third kappa shape index (κ3) is 2.94. The zero-order valence-electron chi connectivity index (χ0n) is 12.8. The summed E-state index contributed by atoms with van der Waals surface area (Å²) in [7, 11) is 0. The summed E-state index contributed by atoms with van der Waals surface area (Å²) < 4.78 is 0. The quantitative estimate of drug-likeness (QED) is 0.789. The number of benzene rings is 1. The zero-order chi connectivity index (χ0) is 16.6. The fourth-order valence-corrected chi connectivity index (χ4v) is 3.78. The van der Waals surface area contributed by atoms with Gasteiger partial charge in [0.05, 0.1) is 5.69 Å². The Morgan fingerprint density at radius 1 is 1.48 bits per heavy atom. The fraction of sp³-hybridized carbons (Fsp3) is 0.235. The summed E-state index contributed by atoms with van der Waals surface area (Å²) >= 11 is 7.56. The van der Waals surface area contributed by atoms with Crippen LogP contribution >= 0.6 is 22.9 Å². The monoisotopic (exact) mass is 346 g/mol. The van der Waals surface area contributed by atoms with E-state index in [9.17, 15) is 9.59 Å². The lowest BCUT2D eigenvalue weighted by atomic mass is 10.1. The SMILES string of the molecule is CCN(C(C)=O)c1nc(C=C2Cc3c(Cl)cccc3C2=O)cs1. The summed E-state index contributed by atoms with van der Waals surface area (Å²) in [5, 5.41) is 3.12. The van der Waals surface area contributed by atoms with Crippen molar-refractivity contribution < 1.29 is 9.59 Å². The number of aromatic nitrogens is 1. The number of carbonyl (C=O) groups excluding carboxylic acids is 2. The third-order valence-corrected chi connectivity index (χ3v) is 5.02. The molecule has 0 unspecified atom stereocenters. The van der Waals surface area contributed by atoms with Crippen molar-refractivity contribution in [3.05, 3.63) is 51.0 Å². The van der Waals surface area contributed by atoms with Crippen molar-refractivity contribution in [2.75, 3.05) is 11.4 Å². The summed E-state index contributed by atoms with van der Waals surface area (Å²) in [6.45, 7) is 3.99. The highest BCUT2D eigenvalue weighted by Gasteiger charge is 2.26. The fourth-order valence-electron chi connectivity index (χ4n) is 2.65. The van der Waals surface area contributed by atoms with Crippen LogP contribution in [0.5, 0.6) is 0 Å². The van der Waals surface area contributed by atoms with E-state index in [0.29, 0.717) is 40.0 Å². The number of carbonyl (C=O) groups is 2. The highest BCUT2D eigenvalue weighted by molar-refractivity contribution is 7.14. The lowest BCUT2D eigenvalue weighted by molar-refractivity contribution is -0.116. The van der Waals surface area contributed by atoms with E-state index >= 15 is 0 Å². The van der Waals surface area contributed by atoms with Gasteiger partial charge < -0.3 is 0 Å². The van der Waals surface area contributed by atoms with E-state index in [1.54, 1.807) is 29.2 Å². The minimum absolute atomic E-state index is 0.00374. The Kier molecular flexibility index (Phi) is 4.33. The Bertz CT molecular complexity index is 826. The predicted octanol–water partition coefficient (Wildman–Crippen LogP) is 3.99. The van der Waals surface area contributed by atoms with Crippen molar-refractivity contribution in [3.63, 3.8) is 0 Å². The molecule has 1 aromatic carbocycles. The van der Waals surface area contributed by atoms with Gasteiger partial charge in [0.1, 0.15) is 0 Å². The Labute approximate surface area is 143 Å². The van der Waals surface area contributed by atoms with Crippen molar-refractivity contribution in [1.29, 1.82) is 0 Å². The average Bonchev–Trinajstić information content (AvgIpc) is 3.08. The summed E-state index contributed by atoms with van der Waals surface area (Å²) in [5.74, 6) is -0.0480. The Balaban J connectivity index is 1.90. The first kappa shape index (κ1) is 15.9. The topological polar surface area (TPSA) is 50.3 Å². The summed E-state index contributed by atoms with van der Waals surface area (Å²) in [5.41, 5.74) is 2.91. The zero-order valence-corrected chi connectivity index (χ0v) is 14.4. The number of anilines is 1. The molecule has 1 heterocycles. The van der Waals surface area contributed by atoms with Gasteiger partial charge in [-0.15, -0.1) is 11.3 Å². The minimum atomic E-state index is -0.0443. The molecule has 0 saturated heterocycles. The molecule has 0 saturated carbocycles. The summed E-state index contributed by atoms with van der Waals surface area (Å²) in [6, 6.07) is 5.38.